The molecule has 4 rings (SSSR count). The average molecular weight is 416 g/mol. The lowest BCUT2D eigenvalue weighted by Crippen LogP contribution is -2.42. The summed E-state index contributed by atoms with van der Waals surface area (Å²) in [7, 11) is 3.64. The summed E-state index contributed by atoms with van der Waals surface area (Å²) in [6.07, 6.45) is 2.33. The van der Waals surface area contributed by atoms with Gasteiger partial charge in [0.2, 0.25) is 5.95 Å². The van der Waals surface area contributed by atoms with Gasteiger partial charge in [0.25, 0.3) is 18.1 Å². The third-order valence-electron chi connectivity index (χ3n) is 5.43. The van der Waals surface area contributed by atoms with Crippen molar-refractivity contribution in [2.45, 2.75) is 25.7 Å². The van der Waals surface area contributed by atoms with E-state index in [0.29, 0.717) is 30.3 Å². The molecule has 1 saturated heterocycles. The zero-order valence-corrected chi connectivity index (χ0v) is 16.9. The van der Waals surface area contributed by atoms with Gasteiger partial charge in [0.1, 0.15) is 12.0 Å². The van der Waals surface area contributed by atoms with Crippen LogP contribution in [0.25, 0.3) is 5.78 Å². The van der Waals surface area contributed by atoms with E-state index in [4.69, 9.17) is 0 Å². The molecule has 0 aliphatic carbocycles. The molecule has 9 nitrogen and oxygen atoms in total. The molecule has 0 N–H and O–H groups in total. The van der Waals surface area contributed by atoms with E-state index in [1.165, 1.54) is 29.3 Å². The second-order valence-corrected chi connectivity index (χ2v) is 7.67. The van der Waals surface area contributed by atoms with E-state index in [-0.39, 0.29) is 29.2 Å². The number of hydrogen-bond donors (Lipinski definition) is 0. The highest BCUT2D eigenvalue weighted by Crippen LogP contribution is 2.34. The normalized spacial score (nSPS) is 19.5. The van der Waals surface area contributed by atoms with Crippen LogP contribution < -0.4 is 4.90 Å². The summed E-state index contributed by atoms with van der Waals surface area (Å²) in [5.41, 5.74) is 0.633. The molecule has 1 amide bonds. The topological polar surface area (TPSA) is 92.4 Å². The van der Waals surface area contributed by atoms with Gasteiger partial charge in [-0.3, -0.25) is 4.79 Å². The molecule has 11 heteroatoms. The van der Waals surface area contributed by atoms with Crippen molar-refractivity contribution in [1.82, 2.24) is 34.4 Å². The van der Waals surface area contributed by atoms with Gasteiger partial charge >= 0.3 is 0 Å². The second-order valence-electron chi connectivity index (χ2n) is 7.67. The number of halogens is 2. The van der Waals surface area contributed by atoms with Crippen LogP contribution in [0.15, 0.2) is 24.8 Å². The SMILES string of the molecule is C[C@@H]1CCN(C(=O)c2cnc(N(C)C)nc2)C[C@H]1c1cc(C(F)F)nc2ncnn12. The van der Waals surface area contributed by atoms with Crippen LogP contribution in [0.4, 0.5) is 14.7 Å². The molecule has 0 saturated carbocycles. The van der Waals surface area contributed by atoms with E-state index in [0.717, 1.165) is 6.42 Å². The Bertz CT molecular complexity index is 1050. The van der Waals surface area contributed by atoms with Crippen LogP contribution in [0, 0.1) is 5.92 Å². The van der Waals surface area contributed by atoms with Crippen LogP contribution in [0.1, 0.15) is 47.4 Å². The summed E-state index contributed by atoms with van der Waals surface area (Å²) in [6, 6.07) is 1.37. The van der Waals surface area contributed by atoms with Gasteiger partial charge < -0.3 is 9.80 Å². The van der Waals surface area contributed by atoms with E-state index >= 15 is 0 Å². The molecule has 3 aromatic rings. The summed E-state index contributed by atoms with van der Waals surface area (Å²) >= 11 is 0. The zero-order valence-electron chi connectivity index (χ0n) is 16.9. The van der Waals surface area contributed by atoms with E-state index in [1.807, 2.05) is 21.0 Å². The first kappa shape index (κ1) is 20.0. The lowest BCUT2D eigenvalue weighted by atomic mass is 9.84. The highest BCUT2D eigenvalue weighted by Gasteiger charge is 2.33. The van der Waals surface area contributed by atoms with Crippen LogP contribution in [0.2, 0.25) is 0 Å². The lowest BCUT2D eigenvalue weighted by molar-refractivity contribution is 0.0664. The molecule has 0 unspecified atom stereocenters. The van der Waals surface area contributed by atoms with Crippen molar-refractivity contribution in [1.29, 1.82) is 0 Å². The molecule has 1 aliphatic heterocycles. The summed E-state index contributed by atoms with van der Waals surface area (Å²) in [5, 5.41) is 4.15. The van der Waals surface area contributed by atoms with Crippen LogP contribution in [-0.2, 0) is 0 Å². The Morgan fingerprint density at radius 1 is 1.23 bits per heavy atom. The number of fused-ring (bicyclic) bond motifs is 1. The fourth-order valence-corrected chi connectivity index (χ4v) is 3.71. The van der Waals surface area contributed by atoms with Gasteiger partial charge in [0, 0.05) is 45.5 Å². The number of rotatable bonds is 4. The average Bonchev–Trinajstić information content (AvgIpc) is 3.22. The standard InChI is InChI=1S/C19H22F2N8O/c1-11-4-5-28(17(30)12-7-22-18(23-8-12)27(2)3)9-13(11)15-6-14(16(20)21)26-19-24-10-25-29(15)19/h6-8,10-11,13,16H,4-5,9H2,1-3H3/t11-,13-/m1/s1. The number of likely N-dealkylation sites (tertiary alicyclic amines) is 1. The highest BCUT2D eigenvalue weighted by molar-refractivity contribution is 5.93. The van der Waals surface area contributed by atoms with Crippen LogP contribution >= 0.6 is 0 Å². The number of carbonyl (C=O) groups is 1. The largest absolute Gasteiger partial charge is 0.347 e. The molecular weight excluding hydrogens is 394 g/mol. The van der Waals surface area contributed by atoms with E-state index < -0.39 is 6.43 Å². The van der Waals surface area contributed by atoms with Crippen molar-refractivity contribution in [3.63, 3.8) is 0 Å². The molecule has 1 aliphatic rings. The van der Waals surface area contributed by atoms with Crippen molar-refractivity contribution in [2.75, 3.05) is 32.1 Å². The maximum Gasteiger partial charge on any atom is 0.280 e. The fraction of sp³-hybridized carbons (Fsp3) is 0.474. The number of piperidine rings is 1. The quantitative estimate of drug-likeness (QED) is 0.644. The number of anilines is 1. The van der Waals surface area contributed by atoms with Gasteiger partial charge in [-0.2, -0.15) is 10.1 Å². The molecule has 30 heavy (non-hydrogen) atoms. The Labute approximate surface area is 171 Å². The molecule has 0 radical (unpaired) electrons. The minimum absolute atomic E-state index is 0.131. The summed E-state index contributed by atoms with van der Waals surface area (Å²) in [6.45, 7) is 2.99. The number of hydrogen-bond acceptors (Lipinski definition) is 7. The molecule has 2 atom stereocenters. The Hall–Kier alpha value is -3.24. The van der Waals surface area contributed by atoms with Crippen molar-refractivity contribution in [3.05, 3.63) is 41.7 Å². The second kappa shape index (κ2) is 7.88. The van der Waals surface area contributed by atoms with Crippen molar-refractivity contribution in [3.8, 4) is 0 Å². The molecule has 4 heterocycles. The number of alkyl halides is 2. The predicted octanol–water partition coefficient (Wildman–Crippen LogP) is 2.18. The molecule has 158 valence electrons. The zero-order chi connectivity index (χ0) is 21.4. The summed E-state index contributed by atoms with van der Waals surface area (Å²) in [4.78, 5) is 32.7. The molecule has 0 aromatic carbocycles. The summed E-state index contributed by atoms with van der Waals surface area (Å²) in [5.74, 6) is 0.444. The Balaban J connectivity index is 1.63. The smallest absolute Gasteiger partial charge is 0.280 e. The number of aromatic nitrogens is 6. The van der Waals surface area contributed by atoms with Crippen molar-refractivity contribution in [2.24, 2.45) is 5.92 Å². The Morgan fingerprint density at radius 2 is 1.97 bits per heavy atom. The van der Waals surface area contributed by atoms with E-state index in [9.17, 15) is 13.6 Å². The van der Waals surface area contributed by atoms with E-state index in [2.05, 4.69) is 25.0 Å². The number of amides is 1. The number of carbonyl (C=O) groups excluding carboxylic acids is 1. The van der Waals surface area contributed by atoms with Gasteiger partial charge in [0.15, 0.2) is 0 Å². The van der Waals surface area contributed by atoms with Crippen molar-refractivity contribution >= 4 is 17.6 Å². The summed E-state index contributed by atoms with van der Waals surface area (Å²) < 4.78 is 28.2. The Kier molecular flexibility index (Phi) is 5.27. The van der Waals surface area contributed by atoms with Gasteiger partial charge in [-0.05, 0) is 18.4 Å². The molecule has 0 spiro atoms. The first-order valence-electron chi connectivity index (χ1n) is 9.62. The molecule has 0 bridgehead atoms. The lowest BCUT2D eigenvalue weighted by Gasteiger charge is -2.37. The van der Waals surface area contributed by atoms with Crippen LogP contribution in [0.5, 0.6) is 0 Å². The van der Waals surface area contributed by atoms with Crippen LogP contribution in [-0.4, -0.2) is 67.5 Å². The molecule has 1 fully saturated rings. The molecular formula is C19H22F2N8O. The first-order chi connectivity index (χ1) is 14.3. The monoisotopic (exact) mass is 416 g/mol. The minimum Gasteiger partial charge on any atom is -0.347 e. The van der Waals surface area contributed by atoms with Gasteiger partial charge in [-0.1, -0.05) is 6.92 Å². The van der Waals surface area contributed by atoms with E-state index in [1.54, 1.807) is 9.80 Å². The predicted molar refractivity (Wildman–Crippen MR) is 105 cm³/mol. The molecule has 3 aromatic heterocycles. The number of nitrogens with zero attached hydrogens (tertiary/aromatic N) is 8. The Morgan fingerprint density at radius 3 is 2.63 bits per heavy atom. The van der Waals surface area contributed by atoms with Gasteiger partial charge in [-0.25, -0.2) is 28.2 Å². The minimum atomic E-state index is -2.71. The van der Waals surface area contributed by atoms with Gasteiger partial charge in [0.05, 0.1) is 11.3 Å². The third-order valence-corrected chi connectivity index (χ3v) is 5.43. The highest BCUT2D eigenvalue weighted by atomic mass is 19.3. The third kappa shape index (κ3) is 3.66. The van der Waals surface area contributed by atoms with Crippen LogP contribution in [0.3, 0.4) is 0 Å². The van der Waals surface area contributed by atoms with Crippen molar-refractivity contribution < 1.29 is 13.6 Å². The van der Waals surface area contributed by atoms with Gasteiger partial charge in [-0.15, -0.1) is 0 Å². The maximum atomic E-state index is 13.4. The first-order valence-corrected chi connectivity index (χ1v) is 9.62. The fourth-order valence-electron chi connectivity index (χ4n) is 3.71. The maximum absolute atomic E-state index is 13.4.